The highest BCUT2D eigenvalue weighted by molar-refractivity contribution is 5.78. The summed E-state index contributed by atoms with van der Waals surface area (Å²) in [6, 6.07) is 7.65. The third-order valence-corrected chi connectivity index (χ3v) is 3.51. The minimum absolute atomic E-state index is 0.493. The Morgan fingerprint density at radius 2 is 2.15 bits per heavy atom. The lowest BCUT2D eigenvalue weighted by atomic mass is 9.91. The molecule has 1 aromatic rings. The third-order valence-electron chi connectivity index (χ3n) is 3.51. The fourth-order valence-corrected chi connectivity index (χ4v) is 1.93. The summed E-state index contributed by atoms with van der Waals surface area (Å²) in [6.07, 6.45) is 1.50. The maximum Gasteiger partial charge on any atom is 0.323 e. The van der Waals surface area contributed by atoms with Gasteiger partial charge >= 0.3 is 5.97 Å². The highest BCUT2D eigenvalue weighted by Gasteiger charge is 2.32. The number of carbonyl (C=O) groups is 1. The Bertz CT molecular complexity index is 445. The summed E-state index contributed by atoms with van der Waals surface area (Å²) in [7, 11) is 1.62. The second kappa shape index (κ2) is 7.29. The molecule has 0 aromatic heterocycles. The second-order valence-corrected chi connectivity index (χ2v) is 5.77. The number of methoxy groups -OCH3 is 1. The zero-order valence-electron chi connectivity index (χ0n) is 12.8. The first-order chi connectivity index (χ1) is 9.37. The molecule has 0 spiro atoms. The van der Waals surface area contributed by atoms with Crippen molar-refractivity contribution in [2.75, 3.05) is 7.11 Å². The Balaban J connectivity index is 2.68. The molecule has 0 saturated carbocycles. The molecule has 4 nitrogen and oxygen atoms in total. The zero-order chi connectivity index (χ0) is 15.2. The van der Waals surface area contributed by atoms with Crippen molar-refractivity contribution in [2.45, 2.75) is 45.7 Å². The lowest BCUT2D eigenvalue weighted by Crippen LogP contribution is -2.49. The van der Waals surface area contributed by atoms with E-state index >= 15 is 0 Å². The lowest BCUT2D eigenvalue weighted by molar-refractivity contribution is -0.144. The van der Waals surface area contributed by atoms with Crippen molar-refractivity contribution in [2.24, 2.45) is 5.92 Å². The first-order valence-corrected chi connectivity index (χ1v) is 6.99. The number of nitrogens with one attached hydrogen (secondary N) is 1. The summed E-state index contributed by atoms with van der Waals surface area (Å²) in [4.78, 5) is 11.5. The van der Waals surface area contributed by atoms with Crippen LogP contribution in [0.15, 0.2) is 24.3 Å². The van der Waals surface area contributed by atoms with Crippen molar-refractivity contribution in [1.82, 2.24) is 5.32 Å². The number of aliphatic carboxylic acids is 1. The van der Waals surface area contributed by atoms with Gasteiger partial charge in [0, 0.05) is 6.54 Å². The molecule has 4 heteroatoms. The molecule has 0 saturated heterocycles. The highest BCUT2D eigenvalue weighted by atomic mass is 16.5. The standard InChI is InChI=1S/C16H25NO3/c1-12(2)8-9-16(3,15(18)19)17-11-13-6-5-7-14(10-13)20-4/h5-7,10,12,17H,8-9,11H2,1-4H3,(H,18,19). The molecule has 1 unspecified atom stereocenters. The molecule has 0 aliphatic heterocycles. The van der Waals surface area contributed by atoms with E-state index in [4.69, 9.17) is 4.74 Å². The van der Waals surface area contributed by atoms with Crippen LogP contribution in [0.4, 0.5) is 0 Å². The van der Waals surface area contributed by atoms with Crippen LogP contribution in [0.5, 0.6) is 5.75 Å². The van der Waals surface area contributed by atoms with Crippen LogP contribution in [0.2, 0.25) is 0 Å². The van der Waals surface area contributed by atoms with Crippen molar-refractivity contribution < 1.29 is 14.6 Å². The Labute approximate surface area is 121 Å². The predicted molar refractivity (Wildman–Crippen MR) is 79.9 cm³/mol. The third kappa shape index (κ3) is 4.85. The normalized spacial score (nSPS) is 14.1. The molecule has 0 fully saturated rings. The molecule has 0 amide bonds. The number of hydrogen-bond donors (Lipinski definition) is 2. The van der Waals surface area contributed by atoms with Gasteiger partial charge in [0.05, 0.1) is 7.11 Å². The van der Waals surface area contributed by atoms with Crippen LogP contribution in [-0.4, -0.2) is 23.7 Å². The summed E-state index contributed by atoms with van der Waals surface area (Å²) in [6.45, 7) is 6.46. The van der Waals surface area contributed by atoms with Gasteiger partial charge in [0.1, 0.15) is 11.3 Å². The highest BCUT2D eigenvalue weighted by Crippen LogP contribution is 2.19. The fraction of sp³-hybridized carbons (Fsp3) is 0.562. The molecule has 0 aliphatic rings. The smallest absolute Gasteiger partial charge is 0.323 e. The van der Waals surface area contributed by atoms with E-state index in [1.54, 1.807) is 14.0 Å². The van der Waals surface area contributed by atoms with Gasteiger partial charge in [-0.2, -0.15) is 0 Å². The number of carboxylic acid groups (broad SMARTS) is 1. The van der Waals surface area contributed by atoms with Gasteiger partial charge in [0.25, 0.3) is 0 Å². The molecule has 2 N–H and O–H groups in total. The van der Waals surface area contributed by atoms with E-state index in [2.05, 4.69) is 19.2 Å². The molecule has 1 rings (SSSR count). The van der Waals surface area contributed by atoms with Gasteiger partial charge in [0.15, 0.2) is 0 Å². The minimum atomic E-state index is -0.895. The van der Waals surface area contributed by atoms with E-state index in [0.29, 0.717) is 18.9 Å². The van der Waals surface area contributed by atoms with Crippen LogP contribution in [-0.2, 0) is 11.3 Å². The van der Waals surface area contributed by atoms with Crippen LogP contribution in [0.1, 0.15) is 39.2 Å². The van der Waals surface area contributed by atoms with Gasteiger partial charge in [-0.1, -0.05) is 26.0 Å². The number of hydrogen-bond acceptors (Lipinski definition) is 3. The van der Waals surface area contributed by atoms with Crippen molar-refractivity contribution in [3.05, 3.63) is 29.8 Å². The summed E-state index contributed by atoms with van der Waals surface area (Å²) in [5.74, 6) is 0.469. The molecular weight excluding hydrogens is 254 g/mol. The first-order valence-electron chi connectivity index (χ1n) is 6.99. The van der Waals surface area contributed by atoms with Crippen molar-refractivity contribution in [3.63, 3.8) is 0 Å². The van der Waals surface area contributed by atoms with Crippen LogP contribution < -0.4 is 10.1 Å². The molecular formula is C16H25NO3. The molecule has 1 atom stereocenters. The van der Waals surface area contributed by atoms with E-state index in [-0.39, 0.29) is 0 Å². The second-order valence-electron chi connectivity index (χ2n) is 5.77. The predicted octanol–water partition coefficient (Wildman–Crippen LogP) is 3.06. The Morgan fingerprint density at radius 1 is 1.45 bits per heavy atom. The molecule has 0 radical (unpaired) electrons. The molecule has 0 heterocycles. The van der Waals surface area contributed by atoms with Gasteiger partial charge in [-0.25, -0.2) is 0 Å². The van der Waals surface area contributed by atoms with Crippen LogP contribution in [0, 0.1) is 5.92 Å². The Kier molecular flexibility index (Phi) is 6.02. The van der Waals surface area contributed by atoms with Crippen molar-refractivity contribution in [1.29, 1.82) is 0 Å². The Hall–Kier alpha value is -1.55. The number of benzene rings is 1. The topological polar surface area (TPSA) is 58.6 Å². The monoisotopic (exact) mass is 279 g/mol. The van der Waals surface area contributed by atoms with Gasteiger partial charge in [-0.3, -0.25) is 10.1 Å². The number of carboxylic acids is 1. The van der Waals surface area contributed by atoms with E-state index in [1.807, 2.05) is 24.3 Å². The van der Waals surface area contributed by atoms with Crippen LogP contribution in [0.25, 0.3) is 0 Å². The van der Waals surface area contributed by atoms with Crippen molar-refractivity contribution >= 4 is 5.97 Å². The number of ether oxygens (including phenoxy) is 1. The minimum Gasteiger partial charge on any atom is -0.497 e. The number of rotatable bonds is 8. The zero-order valence-corrected chi connectivity index (χ0v) is 12.8. The van der Waals surface area contributed by atoms with E-state index in [0.717, 1.165) is 17.7 Å². The fourth-order valence-electron chi connectivity index (χ4n) is 1.93. The quantitative estimate of drug-likeness (QED) is 0.768. The summed E-state index contributed by atoms with van der Waals surface area (Å²) in [5.41, 5.74) is 0.120. The van der Waals surface area contributed by atoms with Gasteiger partial charge in [-0.05, 0) is 43.4 Å². The molecule has 20 heavy (non-hydrogen) atoms. The van der Waals surface area contributed by atoms with E-state index in [1.165, 1.54) is 0 Å². The summed E-state index contributed by atoms with van der Waals surface area (Å²) in [5, 5.41) is 12.6. The SMILES string of the molecule is COc1cccc(CNC(C)(CCC(C)C)C(=O)O)c1. The van der Waals surface area contributed by atoms with Crippen LogP contribution in [0.3, 0.4) is 0 Å². The average Bonchev–Trinajstić information content (AvgIpc) is 2.43. The van der Waals surface area contributed by atoms with Crippen molar-refractivity contribution in [3.8, 4) is 5.75 Å². The maximum atomic E-state index is 11.5. The van der Waals surface area contributed by atoms with Gasteiger partial charge in [-0.15, -0.1) is 0 Å². The summed E-state index contributed by atoms with van der Waals surface area (Å²) >= 11 is 0. The van der Waals surface area contributed by atoms with Crippen LogP contribution >= 0.6 is 0 Å². The molecule has 1 aromatic carbocycles. The van der Waals surface area contributed by atoms with Gasteiger partial charge < -0.3 is 9.84 Å². The maximum absolute atomic E-state index is 11.5. The van der Waals surface area contributed by atoms with E-state index < -0.39 is 11.5 Å². The summed E-state index contributed by atoms with van der Waals surface area (Å²) < 4.78 is 5.17. The Morgan fingerprint density at radius 3 is 2.70 bits per heavy atom. The first kappa shape index (κ1) is 16.5. The molecule has 0 aliphatic carbocycles. The van der Waals surface area contributed by atoms with E-state index in [9.17, 15) is 9.90 Å². The largest absolute Gasteiger partial charge is 0.497 e. The van der Waals surface area contributed by atoms with Gasteiger partial charge in [0.2, 0.25) is 0 Å². The lowest BCUT2D eigenvalue weighted by Gasteiger charge is -2.27. The molecule has 0 bridgehead atoms. The average molecular weight is 279 g/mol. The molecule has 112 valence electrons.